The highest BCUT2D eigenvalue weighted by atomic mass is 16.3. The summed E-state index contributed by atoms with van der Waals surface area (Å²) in [5, 5.41) is 36.8. The normalized spacial score (nSPS) is 14.8. The zero-order valence-corrected chi connectivity index (χ0v) is 14.0. The maximum atomic E-state index is 9.51. The van der Waals surface area contributed by atoms with E-state index in [-0.39, 0.29) is 13.2 Å². The predicted molar refractivity (Wildman–Crippen MR) is 89.8 cm³/mol. The van der Waals surface area contributed by atoms with Crippen molar-refractivity contribution >= 4 is 0 Å². The smallest absolute Gasteiger partial charge is 0.0897 e. The van der Waals surface area contributed by atoms with Crippen molar-refractivity contribution in [2.45, 2.75) is 64.1 Å². The highest BCUT2D eigenvalue weighted by Gasteiger charge is 2.14. The van der Waals surface area contributed by atoms with E-state index in [1.807, 2.05) is 4.90 Å². The molecule has 0 spiro atoms. The SMILES string of the molecule is CCCCC/C=C/CCCCN(CC(O)CO)CC(O)CO. The van der Waals surface area contributed by atoms with Gasteiger partial charge >= 0.3 is 0 Å². The third-order valence-electron chi connectivity index (χ3n) is 3.60. The minimum absolute atomic E-state index is 0.285. The van der Waals surface area contributed by atoms with E-state index in [9.17, 15) is 10.2 Å². The third-order valence-corrected chi connectivity index (χ3v) is 3.60. The molecule has 0 aliphatic heterocycles. The van der Waals surface area contributed by atoms with Gasteiger partial charge in [0, 0.05) is 13.1 Å². The molecule has 4 N–H and O–H groups in total. The Hall–Kier alpha value is -0.460. The molecule has 0 saturated heterocycles. The van der Waals surface area contributed by atoms with Gasteiger partial charge in [-0.2, -0.15) is 0 Å². The van der Waals surface area contributed by atoms with Crippen molar-refractivity contribution in [1.82, 2.24) is 4.90 Å². The van der Waals surface area contributed by atoms with Gasteiger partial charge in [0.1, 0.15) is 0 Å². The Kier molecular flexibility index (Phi) is 15.1. The molecule has 0 aliphatic carbocycles. The van der Waals surface area contributed by atoms with E-state index in [1.54, 1.807) is 0 Å². The van der Waals surface area contributed by atoms with E-state index >= 15 is 0 Å². The van der Waals surface area contributed by atoms with Crippen molar-refractivity contribution < 1.29 is 20.4 Å². The summed E-state index contributed by atoms with van der Waals surface area (Å²) in [4.78, 5) is 1.90. The Balaban J connectivity index is 3.82. The van der Waals surface area contributed by atoms with Crippen LogP contribution in [-0.2, 0) is 0 Å². The molecular formula is C17H35NO4. The second kappa shape index (κ2) is 15.4. The van der Waals surface area contributed by atoms with Crippen LogP contribution in [0, 0.1) is 0 Å². The molecule has 2 atom stereocenters. The van der Waals surface area contributed by atoms with Crippen molar-refractivity contribution in [3.05, 3.63) is 12.2 Å². The minimum Gasteiger partial charge on any atom is -0.394 e. The largest absolute Gasteiger partial charge is 0.394 e. The van der Waals surface area contributed by atoms with Gasteiger partial charge in [-0.05, 0) is 38.6 Å². The Morgan fingerprint density at radius 3 is 1.77 bits per heavy atom. The molecule has 0 radical (unpaired) electrons. The fourth-order valence-electron chi connectivity index (χ4n) is 2.31. The summed E-state index contributed by atoms with van der Waals surface area (Å²) in [5.41, 5.74) is 0. The molecule has 2 unspecified atom stereocenters. The van der Waals surface area contributed by atoms with Crippen LogP contribution in [0.1, 0.15) is 51.9 Å². The van der Waals surface area contributed by atoms with Gasteiger partial charge in [0.25, 0.3) is 0 Å². The second-order valence-corrected chi connectivity index (χ2v) is 5.90. The molecule has 5 nitrogen and oxygen atoms in total. The number of rotatable bonds is 15. The standard InChI is InChI=1S/C17H35NO4/c1-2-3-4-5-6-7-8-9-10-11-18(12-16(21)14-19)13-17(22)15-20/h6-7,16-17,19-22H,2-5,8-15H2,1H3/b7-6+. The summed E-state index contributed by atoms with van der Waals surface area (Å²) in [6.07, 6.45) is 10.9. The van der Waals surface area contributed by atoms with Gasteiger partial charge in [-0.3, -0.25) is 4.90 Å². The minimum atomic E-state index is -0.802. The lowest BCUT2D eigenvalue weighted by atomic mass is 10.1. The molecule has 0 rings (SSSR count). The van der Waals surface area contributed by atoms with Crippen LogP contribution in [0.25, 0.3) is 0 Å². The number of unbranched alkanes of at least 4 members (excludes halogenated alkanes) is 5. The number of aliphatic hydroxyl groups is 4. The summed E-state index contributed by atoms with van der Waals surface area (Å²) >= 11 is 0. The molecule has 0 aromatic heterocycles. The quantitative estimate of drug-likeness (QED) is 0.270. The average Bonchev–Trinajstić information content (AvgIpc) is 2.52. The van der Waals surface area contributed by atoms with E-state index in [2.05, 4.69) is 19.1 Å². The summed E-state index contributed by atoms with van der Waals surface area (Å²) in [6, 6.07) is 0. The Morgan fingerprint density at radius 1 is 0.818 bits per heavy atom. The Morgan fingerprint density at radius 2 is 1.32 bits per heavy atom. The number of aliphatic hydroxyl groups excluding tert-OH is 4. The number of hydrogen-bond donors (Lipinski definition) is 4. The third kappa shape index (κ3) is 13.2. The molecule has 0 aliphatic rings. The van der Waals surface area contributed by atoms with E-state index in [4.69, 9.17) is 10.2 Å². The van der Waals surface area contributed by atoms with Crippen LogP contribution in [0.2, 0.25) is 0 Å². The average molecular weight is 317 g/mol. The maximum absolute atomic E-state index is 9.51. The summed E-state index contributed by atoms with van der Waals surface area (Å²) in [6.45, 7) is 3.02. The topological polar surface area (TPSA) is 84.2 Å². The first-order valence-electron chi connectivity index (χ1n) is 8.59. The van der Waals surface area contributed by atoms with Crippen LogP contribution in [0.5, 0.6) is 0 Å². The van der Waals surface area contributed by atoms with Gasteiger partial charge in [0.15, 0.2) is 0 Å². The van der Waals surface area contributed by atoms with Gasteiger partial charge in [-0.15, -0.1) is 0 Å². The van der Waals surface area contributed by atoms with Crippen molar-refractivity contribution in [3.63, 3.8) is 0 Å². The van der Waals surface area contributed by atoms with Crippen molar-refractivity contribution in [2.24, 2.45) is 0 Å². The van der Waals surface area contributed by atoms with Crippen LogP contribution >= 0.6 is 0 Å². The molecule has 0 fully saturated rings. The summed E-state index contributed by atoms with van der Waals surface area (Å²) in [5.74, 6) is 0. The highest BCUT2D eigenvalue weighted by Crippen LogP contribution is 2.05. The van der Waals surface area contributed by atoms with E-state index in [0.717, 1.165) is 32.2 Å². The molecule has 0 amide bonds. The first-order valence-corrected chi connectivity index (χ1v) is 8.59. The van der Waals surface area contributed by atoms with Gasteiger partial charge in [0.2, 0.25) is 0 Å². The lowest BCUT2D eigenvalue weighted by Crippen LogP contribution is -2.40. The maximum Gasteiger partial charge on any atom is 0.0897 e. The molecule has 0 heterocycles. The van der Waals surface area contributed by atoms with Crippen molar-refractivity contribution in [3.8, 4) is 0 Å². The van der Waals surface area contributed by atoms with E-state index < -0.39 is 12.2 Å². The number of hydrogen-bond acceptors (Lipinski definition) is 5. The van der Waals surface area contributed by atoms with Crippen molar-refractivity contribution in [1.29, 1.82) is 0 Å². The lowest BCUT2D eigenvalue weighted by Gasteiger charge is -2.26. The first-order chi connectivity index (χ1) is 10.6. The van der Waals surface area contributed by atoms with Crippen LogP contribution in [0.15, 0.2) is 12.2 Å². The monoisotopic (exact) mass is 317 g/mol. The van der Waals surface area contributed by atoms with Crippen molar-refractivity contribution in [2.75, 3.05) is 32.8 Å². The molecule has 0 saturated carbocycles. The Labute approximate surface area is 135 Å². The van der Waals surface area contributed by atoms with Crippen LogP contribution in [0.3, 0.4) is 0 Å². The zero-order valence-electron chi connectivity index (χ0n) is 14.0. The van der Waals surface area contributed by atoms with Crippen LogP contribution in [-0.4, -0.2) is 70.4 Å². The summed E-state index contributed by atoms with van der Waals surface area (Å²) in [7, 11) is 0. The molecule has 0 aromatic carbocycles. The molecule has 0 bridgehead atoms. The van der Waals surface area contributed by atoms with Gasteiger partial charge in [-0.1, -0.05) is 31.9 Å². The molecular weight excluding hydrogens is 282 g/mol. The summed E-state index contributed by atoms with van der Waals surface area (Å²) < 4.78 is 0. The number of allylic oxidation sites excluding steroid dienone is 2. The Bertz CT molecular complexity index is 249. The van der Waals surface area contributed by atoms with Crippen LogP contribution in [0.4, 0.5) is 0 Å². The van der Waals surface area contributed by atoms with Crippen LogP contribution < -0.4 is 0 Å². The lowest BCUT2D eigenvalue weighted by molar-refractivity contribution is 0.0228. The van der Waals surface area contributed by atoms with Gasteiger partial charge in [0.05, 0.1) is 25.4 Å². The fourth-order valence-corrected chi connectivity index (χ4v) is 2.31. The predicted octanol–water partition coefficient (Wildman–Crippen LogP) is 1.30. The molecule has 132 valence electrons. The van der Waals surface area contributed by atoms with E-state index in [0.29, 0.717) is 13.1 Å². The van der Waals surface area contributed by atoms with Gasteiger partial charge in [-0.25, -0.2) is 0 Å². The molecule has 5 heteroatoms. The fraction of sp³-hybridized carbons (Fsp3) is 0.882. The highest BCUT2D eigenvalue weighted by molar-refractivity contribution is 4.81. The van der Waals surface area contributed by atoms with E-state index in [1.165, 1.54) is 19.3 Å². The first kappa shape index (κ1) is 21.5. The zero-order chi connectivity index (χ0) is 16.6. The molecule has 22 heavy (non-hydrogen) atoms. The molecule has 0 aromatic rings. The number of nitrogens with zero attached hydrogens (tertiary/aromatic N) is 1. The second-order valence-electron chi connectivity index (χ2n) is 5.90. The van der Waals surface area contributed by atoms with Gasteiger partial charge < -0.3 is 20.4 Å².